The van der Waals surface area contributed by atoms with E-state index in [-0.39, 0.29) is 11.7 Å². The minimum atomic E-state index is -0.225. The summed E-state index contributed by atoms with van der Waals surface area (Å²) in [5, 5.41) is 0. The van der Waals surface area contributed by atoms with Crippen molar-refractivity contribution in [1.82, 2.24) is 4.90 Å². The van der Waals surface area contributed by atoms with Gasteiger partial charge in [-0.2, -0.15) is 0 Å². The van der Waals surface area contributed by atoms with E-state index in [1.165, 1.54) is 31.4 Å². The topological polar surface area (TPSA) is 46.3 Å². The van der Waals surface area contributed by atoms with Gasteiger partial charge in [0.2, 0.25) is 5.91 Å². The molecule has 1 aromatic rings. The largest absolute Gasteiger partial charge is 0.335 e. The SMILES string of the molecule is NC1C2CCCC1CC(C(=O)N(Cc1ccc(F)cc1)C1CC1)C2. The third kappa shape index (κ3) is 3.21. The Labute approximate surface area is 143 Å². The lowest BCUT2D eigenvalue weighted by Crippen LogP contribution is -2.50. The Morgan fingerprint density at radius 2 is 1.71 bits per heavy atom. The molecule has 0 spiro atoms. The van der Waals surface area contributed by atoms with Crippen molar-refractivity contribution in [3.05, 3.63) is 35.6 Å². The maximum Gasteiger partial charge on any atom is 0.226 e. The van der Waals surface area contributed by atoms with Gasteiger partial charge in [-0.25, -0.2) is 4.39 Å². The highest BCUT2D eigenvalue weighted by Gasteiger charge is 2.43. The van der Waals surface area contributed by atoms with E-state index in [2.05, 4.69) is 4.90 Å². The van der Waals surface area contributed by atoms with E-state index in [9.17, 15) is 9.18 Å². The van der Waals surface area contributed by atoms with Gasteiger partial charge in [0.15, 0.2) is 0 Å². The second kappa shape index (κ2) is 6.47. The van der Waals surface area contributed by atoms with Crippen LogP contribution in [0, 0.1) is 23.6 Å². The fourth-order valence-electron chi connectivity index (χ4n) is 4.78. The van der Waals surface area contributed by atoms with Gasteiger partial charge in [-0.05, 0) is 68.1 Å². The molecule has 1 aromatic carbocycles. The second-order valence-corrected chi connectivity index (χ2v) is 8.02. The van der Waals surface area contributed by atoms with E-state index >= 15 is 0 Å². The molecule has 2 bridgehead atoms. The Bertz CT molecular complexity index is 584. The summed E-state index contributed by atoms with van der Waals surface area (Å²) in [6, 6.07) is 7.24. The van der Waals surface area contributed by atoms with E-state index in [4.69, 9.17) is 5.73 Å². The van der Waals surface area contributed by atoms with Crippen LogP contribution in [0.1, 0.15) is 50.5 Å². The molecule has 1 amide bonds. The first-order valence-electron chi connectivity index (χ1n) is 9.42. The maximum absolute atomic E-state index is 13.2. The highest BCUT2D eigenvalue weighted by molar-refractivity contribution is 5.79. The van der Waals surface area contributed by atoms with Crippen LogP contribution < -0.4 is 5.73 Å². The molecule has 0 radical (unpaired) electrons. The first kappa shape index (κ1) is 16.1. The second-order valence-electron chi connectivity index (χ2n) is 8.02. The zero-order valence-corrected chi connectivity index (χ0v) is 14.2. The monoisotopic (exact) mass is 330 g/mol. The number of nitrogens with zero attached hydrogens (tertiary/aromatic N) is 1. The molecule has 3 saturated carbocycles. The number of hydrogen-bond acceptors (Lipinski definition) is 2. The molecule has 3 nitrogen and oxygen atoms in total. The predicted octanol–water partition coefficient (Wildman–Crippen LogP) is 3.47. The molecule has 2 unspecified atom stereocenters. The van der Waals surface area contributed by atoms with E-state index < -0.39 is 0 Å². The molecular formula is C20H27FN2O. The molecule has 2 atom stereocenters. The summed E-state index contributed by atoms with van der Waals surface area (Å²) in [5.74, 6) is 1.28. The predicted molar refractivity (Wildman–Crippen MR) is 91.5 cm³/mol. The lowest BCUT2D eigenvalue weighted by Gasteiger charge is -2.44. The van der Waals surface area contributed by atoms with Gasteiger partial charge in [-0.15, -0.1) is 0 Å². The molecular weight excluding hydrogens is 303 g/mol. The molecule has 0 aliphatic heterocycles. The van der Waals surface area contributed by atoms with Crippen molar-refractivity contribution in [2.45, 2.75) is 63.6 Å². The maximum atomic E-state index is 13.2. The normalized spacial score (nSPS) is 32.4. The molecule has 0 aromatic heterocycles. The van der Waals surface area contributed by atoms with Crippen LogP contribution in [0.25, 0.3) is 0 Å². The Hall–Kier alpha value is -1.42. The molecule has 3 aliphatic carbocycles. The summed E-state index contributed by atoms with van der Waals surface area (Å²) in [6.45, 7) is 0.613. The lowest BCUT2D eigenvalue weighted by molar-refractivity contribution is -0.140. The van der Waals surface area contributed by atoms with E-state index in [0.717, 1.165) is 31.2 Å². The Balaban J connectivity index is 1.47. The van der Waals surface area contributed by atoms with Crippen molar-refractivity contribution in [1.29, 1.82) is 0 Å². The number of amides is 1. The van der Waals surface area contributed by atoms with Crippen molar-refractivity contribution >= 4 is 5.91 Å². The Kier molecular flexibility index (Phi) is 4.33. The molecule has 2 N–H and O–H groups in total. The summed E-state index contributed by atoms with van der Waals surface area (Å²) >= 11 is 0. The number of carbonyl (C=O) groups is 1. The van der Waals surface area contributed by atoms with Gasteiger partial charge in [0.25, 0.3) is 0 Å². The van der Waals surface area contributed by atoms with Crippen LogP contribution in [0.15, 0.2) is 24.3 Å². The Morgan fingerprint density at radius 3 is 2.29 bits per heavy atom. The van der Waals surface area contributed by atoms with Crippen LogP contribution in [-0.2, 0) is 11.3 Å². The van der Waals surface area contributed by atoms with Crippen LogP contribution in [0.3, 0.4) is 0 Å². The van der Waals surface area contributed by atoms with Crippen molar-refractivity contribution in [3.63, 3.8) is 0 Å². The number of fused-ring (bicyclic) bond motifs is 2. The summed E-state index contributed by atoms with van der Waals surface area (Å²) in [4.78, 5) is 15.3. The van der Waals surface area contributed by atoms with Gasteiger partial charge in [0, 0.05) is 24.5 Å². The zero-order valence-electron chi connectivity index (χ0n) is 14.2. The molecule has 130 valence electrons. The smallest absolute Gasteiger partial charge is 0.226 e. The van der Waals surface area contributed by atoms with Crippen LogP contribution in [0.4, 0.5) is 4.39 Å². The molecule has 0 saturated heterocycles. The van der Waals surface area contributed by atoms with Crippen LogP contribution in [-0.4, -0.2) is 22.9 Å². The van der Waals surface area contributed by atoms with E-state index in [1.807, 2.05) is 0 Å². The third-order valence-corrected chi connectivity index (χ3v) is 6.30. The molecule has 3 aliphatic rings. The van der Waals surface area contributed by atoms with Crippen LogP contribution in [0.2, 0.25) is 0 Å². The number of rotatable bonds is 4. The van der Waals surface area contributed by atoms with Crippen molar-refractivity contribution in [3.8, 4) is 0 Å². The quantitative estimate of drug-likeness (QED) is 0.919. The summed E-state index contributed by atoms with van der Waals surface area (Å²) in [5.41, 5.74) is 7.39. The van der Waals surface area contributed by atoms with Crippen LogP contribution in [0.5, 0.6) is 0 Å². The molecule has 4 rings (SSSR count). The van der Waals surface area contributed by atoms with Gasteiger partial charge in [0.1, 0.15) is 5.82 Å². The summed E-state index contributed by atoms with van der Waals surface area (Å²) in [7, 11) is 0. The number of halogens is 1. The average molecular weight is 330 g/mol. The zero-order chi connectivity index (χ0) is 16.7. The first-order chi connectivity index (χ1) is 11.6. The summed E-state index contributed by atoms with van der Waals surface area (Å²) in [6.07, 6.45) is 7.77. The lowest BCUT2D eigenvalue weighted by atomic mass is 9.65. The van der Waals surface area contributed by atoms with Crippen molar-refractivity contribution in [2.75, 3.05) is 0 Å². The number of carbonyl (C=O) groups excluding carboxylic acids is 1. The van der Waals surface area contributed by atoms with Gasteiger partial charge >= 0.3 is 0 Å². The molecule has 4 heteroatoms. The highest BCUT2D eigenvalue weighted by atomic mass is 19.1. The fraction of sp³-hybridized carbons (Fsp3) is 0.650. The standard InChI is InChI=1S/C20H27FN2O/c21-17-6-4-13(5-7-17)12-23(18-8-9-18)20(24)16-10-14-2-1-3-15(11-16)19(14)22/h4-7,14-16,18-19H,1-3,8-12,22H2. The van der Waals surface area contributed by atoms with Crippen molar-refractivity contribution < 1.29 is 9.18 Å². The third-order valence-electron chi connectivity index (χ3n) is 6.30. The minimum Gasteiger partial charge on any atom is -0.335 e. The van der Waals surface area contributed by atoms with Crippen molar-refractivity contribution in [2.24, 2.45) is 23.5 Å². The number of benzene rings is 1. The van der Waals surface area contributed by atoms with Gasteiger partial charge in [-0.1, -0.05) is 18.6 Å². The van der Waals surface area contributed by atoms with Gasteiger partial charge in [0.05, 0.1) is 0 Å². The fourth-order valence-corrected chi connectivity index (χ4v) is 4.78. The Morgan fingerprint density at radius 1 is 1.08 bits per heavy atom. The molecule has 3 fully saturated rings. The first-order valence-corrected chi connectivity index (χ1v) is 9.42. The summed E-state index contributed by atoms with van der Waals surface area (Å²) < 4.78 is 13.1. The molecule has 24 heavy (non-hydrogen) atoms. The van der Waals surface area contributed by atoms with Crippen LogP contribution >= 0.6 is 0 Å². The average Bonchev–Trinajstić information content (AvgIpc) is 3.38. The van der Waals surface area contributed by atoms with E-state index in [0.29, 0.717) is 36.4 Å². The minimum absolute atomic E-state index is 0.140. The number of nitrogens with two attached hydrogens (primary N) is 1. The molecule has 0 heterocycles. The van der Waals surface area contributed by atoms with Gasteiger partial charge < -0.3 is 10.6 Å². The highest BCUT2D eigenvalue weighted by Crippen LogP contribution is 2.43. The van der Waals surface area contributed by atoms with Gasteiger partial charge in [-0.3, -0.25) is 4.79 Å². The van der Waals surface area contributed by atoms with E-state index in [1.54, 1.807) is 12.1 Å². The number of hydrogen-bond donors (Lipinski definition) is 1.